The Morgan fingerprint density at radius 2 is 0.787 bits per heavy atom. The number of non-ortho nitro benzene ring substituents is 2. The number of hydrogen-bond donors (Lipinski definition) is 2. The van der Waals surface area contributed by atoms with Crippen molar-refractivity contribution in [3.63, 3.8) is 0 Å². The fourth-order valence-electron chi connectivity index (χ4n) is 3.66. The van der Waals surface area contributed by atoms with Crippen molar-refractivity contribution < 1.29 is 101 Å². The summed E-state index contributed by atoms with van der Waals surface area (Å²) >= 11 is 0. The smallest absolute Gasteiger partial charge is 0.522 e. The van der Waals surface area contributed by atoms with Crippen molar-refractivity contribution in [1.29, 1.82) is 0 Å². The first-order valence-corrected chi connectivity index (χ1v) is 19.0. The van der Waals surface area contributed by atoms with Crippen LogP contribution >= 0.6 is 0 Å². The molecule has 61 heavy (non-hydrogen) atoms. The summed E-state index contributed by atoms with van der Waals surface area (Å²) in [7, 11) is -11.7. The van der Waals surface area contributed by atoms with E-state index in [-0.39, 0.29) is 43.9 Å². The number of nitrogens with zero attached hydrogens (tertiary/aromatic N) is 4. The van der Waals surface area contributed by atoms with Crippen molar-refractivity contribution in [1.82, 2.24) is 0 Å². The number of benzene rings is 4. The molecule has 2 N–H and O–H groups in total. The van der Waals surface area contributed by atoms with E-state index in [4.69, 9.17) is 35.4 Å². The third-order valence-corrected chi connectivity index (χ3v) is 7.68. The Balaban J connectivity index is 0.000000866. The minimum Gasteiger partial charge on any atom is -0.624 e. The van der Waals surface area contributed by atoms with Gasteiger partial charge in [0.05, 0.1) is 23.1 Å². The summed E-state index contributed by atoms with van der Waals surface area (Å²) < 4.78 is 127. The van der Waals surface area contributed by atoms with Crippen LogP contribution in [0.25, 0.3) is 0 Å². The maximum absolute atomic E-state index is 11.7. The van der Waals surface area contributed by atoms with Gasteiger partial charge in [0.1, 0.15) is 13.2 Å². The second-order valence-electron chi connectivity index (χ2n) is 11.2. The van der Waals surface area contributed by atoms with Gasteiger partial charge < -0.3 is 19.9 Å². The molecule has 0 amide bonds. The van der Waals surface area contributed by atoms with Crippen LogP contribution in [0.5, 0.6) is 0 Å². The first-order chi connectivity index (χ1) is 27.8. The maximum atomic E-state index is 11.7. The van der Waals surface area contributed by atoms with Crippen LogP contribution in [0.15, 0.2) is 109 Å². The van der Waals surface area contributed by atoms with Crippen molar-refractivity contribution in [2.45, 2.75) is 24.2 Å². The average Bonchev–Trinajstić information content (AvgIpc) is 3.16. The first-order valence-electron chi connectivity index (χ1n) is 16.2. The zero-order valence-electron chi connectivity index (χ0n) is 31.2. The van der Waals surface area contributed by atoms with Crippen LogP contribution in [0.2, 0.25) is 0 Å². The summed E-state index contributed by atoms with van der Waals surface area (Å²) in [5.41, 5.74) is -7.73. The largest absolute Gasteiger partial charge is 0.624 e. The van der Waals surface area contributed by atoms with Crippen molar-refractivity contribution >= 4 is 44.0 Å². The second-order valence-corrected chi connectivity index (χ2v) is 14.0. The number of alkyl halides is 6. The molecule has 0 saturated carbocycles. The molecular formula is C34H34F6N4O14S2Zn. The molecule has 0 bridgehead atoms. The van der Waals surface area contributed by atoms with E-state index in [0.29, 0.717) is 37.6 Å². The molecule has 0 aliphatic heterocycles. The molecule has 0 radical (unpaired) electrons. The predicted molar refractivity (Wildman–Crippen MR) is 201 cm³/mol. The van der Waals surface area contributed by atoms with Crippen LogP contribution in [-0.4, -0.2) is 95.0 Å². The van der Waals surface area contributed by atoms with Crippen molar-refractivity contribution in [2.75, 3.05) is 26.3 Å². The third-order valence-electron chi connectivity index (χ3n) is 6.51. The van der Waals surface area contributed by atoms with E-state index in [1.165, 1.54) is 61.0 Å². The molecule has 4 aromatic carbocycles. The van der Waals surface area contributed by atoms with E-state index in [9.17, 15) is 57.0 Å². The quantitative estimate of drug-likeness (QED) is 0.0135. The number of rotatable bonds is 14. The zero-order chi connectivity index (χ0) is 45.6. The number of hydrogen-bond acceptors (Lipinski definition) is 12. The minimum absolute atomic E-state index is 0. The molecule has 0 aliphatic carbocycles. The Hall–Kier alpha value is -5.44. The first kappa shape index (κ1) is 55.6. The van der Waals surface area contributed by atoms with Crippen LogP contribution < -0.4 is 0 Å². The summed E-state index contributed by atoms with van der Waals surface area (Å²) in [4.78, 5) is 20.1. The Bertz CT molecular complexity index is 2060. The van der Waals surface area contributed by atoms with E-state index in [1.54, 1.807) is 0 Å². The van der Waals surface area contributed by atoms with Crippen molar-refractivity contribution in [3.05, 3.63) is 162 Å². The number of ether oxygens (including phenoxy) is 2. The standard InChI is InChI=1S/2C16H16N2O4.2CHF3O3S.Zn/c2*19-17(10-11-22-13-15-4-2-1-3-5-15)12-14-6-8-16(9-7-14)18(20)21;2*2-1(3,4)8(5,6)7;/h2*1-9,12H,10-11,13H2;2*(H,5,6,7);/b2*17-12-;;;. The summed E-state index contributed by atoms with van der Waals surface area (Å²) in [6.07, 6.45) is 2.77. The number of hydroxylamine groups is 2. The molecule has 0 aliphatic rings. The SMILES string of the molecule is O=S(=O)(O)C(F)(F)F.O=S(=O)(O)C(F)(F)F.O=[N+]([O-])c1ccc(/C=[N+](\[O-])CCOCc2ccccc2)cc1.O=[N+]([O-])c1ccc(/C=[N+](\[O-])CCOCc2ccccc2)cc1.[Zn]. The van der Waals surface area contributed by atoms with Gasteiger partial charge in [0.25, 0.3) is 11.4 Å². The van der Waals surface area contributed by atoms with Gasteiger partial charge in [0.15, 0.2) is 25.5 Å². The van der Waals surface area contributed by atoms with Crippen molar-refractivity contribution in [3.8, 4) is 0 Å². The molecule has 27 heteroatoms. The van der Waals surface area contributed by atoms with Gasteiger partial charge >= 0.3 is 31.3 Å². The average molecular weight is 966 g/mol. The van der Waals surface area contributed by atoms with Gasteiger partial charge in [0.2, 0.25) is 0 Å². The minimum atomic E-state index is -5.84. The topological polar surface area (TPSA) is 266 Å². The fourth-order valence-corrected chi connectivity index (χ4v) is 3.66. The molecule has 0 heterocycles. The Kier molecular flexibility index (Phi) is 24.3. The molecule has 0 fully saturated rings. The molecule has 4 rings (SSSR count). The van der Waals surface area contributed by atoms with E-state index in [1.807, 2.05) is 60.7 Å². The normalized spacial score (nSPS) is 11.9. The van der Waals surface area contributed by atoms with Gasteiger partial charge in [-0.3, -0.25) is 29.3 Å². The molecule has 0 saturated heterocycles. The Labute approximate surface area is 356 Å². The van der Waals surface area contributed by atoms with Gasteiger partial charge in [0, 0.05) is 54.9 Å². The summed E-state index contributed by atoms with van der Waals surface area (Å²) in [5, 5.41) is 44.4. The summed E-state index contributed by atoms with van der Waals surface area (Å²) in [6, 6.07) is 31.0. The van der Waals surface area contributed by atoms with Crippen LogP contribution in [0, 0.1) is 30.6 Å². The van der Waals surface area contributed by atoms with Crippen molar-refractivity contribution in [2.24, 2.45) is 0 Å². The number of nitro groups is 2. The van der Waals surface area contributed by atoms with Gasteiger partial charge in [-0.2, -0.15) is 43.2 Å². The van der Waals surface area contributed by atoms with E-state index in [2.05, 4.69) is 0 Å². The number of halogens is 6. The monoisotopic (exact) mass is 964 g/mol. The summed E-state index contributed by atoms with van der Waals surface area (Å²) in [6.45, 7) is 1.94. The molecule has 18 nitrogen and oxygen atoms in total. The molecule has 330 valence electrons. The van der Waals surface area contributed by atoms with Gasteiger partial charge in [-0.05, 0) is 35.4 Å². The molecule has 0 unspecified atom stereocenters. The molecule has 0 atom stereocenters. The van der Waals surface area contributed by atoms with E-state index < -0.39 is 41.1 Å². The molecular weight excluding hydrogens is 932 g/mol. The maximum Gasteiger partial charge on any atom is 0.522 e. The van der Waals surface area contributed by atoms with E-state index >= 15 is 0 Å². The molecule has 0 spiro atoms. The molecule has 0 aromatic heterocycles. The van der Waals surface area contributed by atoms with Crippen LogP contribution in [-0.2, 0) is 62.4 Å². The van der Waals surface area contributed by atoms with E-state index in [0.717, 1.165) is 20.6 Å². The molecule has 4 aromatic rings. The fraction of sp³-hybridized carbons (Fsp3) is 0.235. The van der Waals surface area contributed by atoms with Gasteiger partial charge in [-0.25, -0.2) is 9.48 Å². The summed E-state index contributed by atoms with van der Waals surface area (Å²) in [5.74, 6) is 0. The Morgan fingerprint density at radius 1 is 0.525 bits per heavy atom. The predicted octanol–water partition coefficient (Wildman–Crippen LogP) is 6.27. The number of nitro benzene ring substituents is 2. The van der Waals surface area contributed by atoms with Crippen LogP contribution in [0.3, 0.4) is 0 Å². The zero-order valence-corrected chi connectivity index (χ0v) is 35.8. The Morgan fingerprint density at radius 3 is 1.02 bits per heavy atom. The third kappa shape index (κ3) is 24.4. The van der Waals surface area contributed by atoms with Gasteiger partial charge in [-0.15, -0.1) is 0 Å². The second kappa shape index (κ2) is 26.7. The van der Waals surface area contributed by atoms with Crippen LogP contribution in [0.1, 0.15) is 22.3 Å². The van der Waals surface area contributed by atoms with Crippen LogP contribution in [0.4, 0.5) is 37.7 Å². The van der Waals surface area contributed by atoms with Gasteiger partial charge in [-0.1, -0.05) is 60.7 Å².